The predicted molar refractivity (Wildman–Crippen MR) is 192 cm³/mol. The lowest BCUT2D eigenvalue weighted by Crippen LogP contribution is -2.62. The van der Waals surface area contributed by atoms with Crippen LogP contribution < -0.4 is 0 Å². The number of benzene rings is 5. The molecule has 0 N–H and O–H groups in total. The van der Waals surface area contributed by atoms with E-state index in [4.69, 9.17) is 28.4 Å². The second kappa shape index (κ2) is 15.9. The van der Waals surface area contributed by atoms with E-state index in [1.54, 1.807) is 7.11 Å². The lowest BCUT2D eigenvalue weighted by Gasteiger charge is -2.47. The van der Waals surface area contributed by atoms with E-state index in [-0.39, 0.29) is 6.61 Å². The third-order valence-corrected chi connectivity index (χ3v) is 10.1. The van der Waals surface area contributed by atoms with Crippen LogP contribution in [0.4, 0.5) is 0 Å². The molecule has 2 aliphatic heterocycles. The maximum absolute atomic E-state index is 7.27. The lowest BCUT2D eigenvalue weighted by molar-refractivity contribution is -0.326. The second-order valence-corrected chi connectivity index (χ2v) is 12.9. The van der Waals surface area contributed by atoms with Gasteiger partial charge in [-0.2, -0.15) is 0 Å². The topological polar surface area (TPSA) is 55.4 Å². The molecule has 7 heteroatoms. The van der Waals surface area contributed by atoms with E-state index in [1.165, 1.54) is 5.56 Å². The molecule has 0 amide bonds. The summed E-state index contributed by atoms with van der Waals surface area (Å²) in [5, 5.41) is 0.724. The van der Waals surface area contributed by atoms with E-state index >= 15 is 0 Å². The minimum absolute atomic E-state index is 0.187. The van der Waals surface area contributed by atoms with Crippen molar-refractivity contribution in [3.63, 3.8) is 0 Å². The van der Waals surface area contributed by atoms with Gasteiger partial charge in [0.2, 0.25) is 0 Å². The summed E-state index contributed by atoms with van der Waals surface area (Å²) in [7, 11) is 1.64. The first-order valence-electron chi connectivity index (χ1n) is 16.7. The molecule has 49 heavy (non-hydrogen) atoms. The van der Waals surface area contributed by atoms with Crippen LogP contribution in [0, 0.1) is 0 Å². The molecule has 0 unspecified atom stereocenters. The summed E-state index contributed by atoms with van der Waals surface area (Å²) >= 11 is 3.64. The first kappa shape index (κ1) is 33.8. The van der Waals surface area contributed by atoms with E-state index in [0.29, 0.717) is 19.8 Å². The monoisotopic (exact) mass is 720 g/mol. The van der Waals surface area contributed by atoms with Crippen molar-refractivity contribution in [1.82, 2.24) is 0 Å². The fourth-order valence-electron chi connectivity index (χ4n) is 6.97. The van der Waals surface area contributed by atoms with Crippen LogP contribution in [0.3, 0.4) is 0 Å². The standard InChI is InChI=1S/C42H41BrO6/c1-44-41-40-39(46-27-32-17-13-14-18-33(32)28-47-40)38(45-26-31-16-12-11-15-30(31)25-43)37(49-41)29-48-42(34-19-5-2-6-20-34,35-21-7-3-8-22-35)36-23-9-4-10-24-36/h2-24,37-41H,25-29H2,1H3/t37-,38+,39+,40-,41+/m1/s1. The van der Waals surface area contributed by atoms with Gasteiger partial charge in [-0.15, -0.1) is 0 Å². The van der Waals surface area contributed by atoms with Gasteiger partial charge in [-0.05, 0) is 38.9 Å². The summed E-state index contributed by atoms with van der Waals surface area (Å²) in [4.78, 5) is 0. The van der Waals surface area contributed by atoms with Gasteiger partial charge in [0, 0.05) is 12.4 Å². The molecule has 0 bridgehead atoms. The Morgan fingerprint density at radius 2 is 1.12 bits per heavy atom. The normalized spacial score (nSPS) is 22.4. The van der Waals surface area contributed by atoms with Crippen LogP contribution in [-0.4, -0.2) is 44.4 Å². The van der Waals surface area contributed by atoms with Gasteiger partial charge in [0.1, 0.15) is 30.0 Å². The van der Waals surface area contributed by atoms with E-state index in [1.807, 2.05) is 78.9 Å². The van der Waals surface area contributed by atoms with Gasteiger partial charge in [-0.25, -0.2) is 0 Å². The van der Waals surface area contributed by atoms with Crippen molar-refractivity contribution in [3.05, 3.63) is 178 Å². The van der Waals surface area contributed by atoms with Crippen LogP contribution in [-0.2, 0) is 59.2 Å². The fourth-order valence-corrected chi connectivity index (χ4v) is 7.52. The highest BCUT2D eigenvalue weighted by atomic mass is 79.9. The highest BCUT2D eigenvalue weighted by molar-refractivity contribution is 9.08. The molecule has 252 valence electrons. The minimum Gasteiger partial charge on any atom is -0.368 e. The van der Waals surface area contributed by atoms with E-state index in [9.17, 15) is 0 Å². The quantitative estimate of drug-likeness (QED) is 0.101. The number of halogens is 1. The Kier molecular flexibility index (Phi) is 11.0. The molecule has 2 aliphatic rings. The van der Waals surface area contributed by atoms with Crippen molar-refractivity contribution in [3.8, 4) is 0 Å². The zero-order valence-electron chi connectivity index (χ0n) is 27.5. The summed E-state index contributed by atoms with van der Waals surface area (Å²) in [6, 6.07) is 47.5. The predicted octanol–water partition coefficient (Wildman–Crippen LogP) is 8.33. The molecule has 5 atom stereocenters. The van der Waals surface area contributed by atoms with Gasteiger partial charge in [0.25, 0.3) is 0 Å². The van der Waals surface area contributed by atoms with E-state index in [2.05, 4.69) is 76.6 Å². The van der Waals surface area contributed by atoms with Crippen molar-refractivity contribution in [1.29, 1.82) is 0 Å². The first-order valence-corrected chi connectivity index (χ1v) is 17.9. The largest absolute Gasteiger partial charge is 0.368 e. The summed E-state index contributed by atoms with van der Waals surface area (Å²) in [5.41, 5.74) is 6.53. The number of rotatable bonds is 11. The zero-order chi connectivity index (χ0) is 33.5. The molecule has 0 aromatic heterocycles. The summed E-state index contributed by atoms with van der Waals surface area (Å²) < 4.78 is 40.2. The fraction of sp³-hybridized carbons (Fsp3) is 0.286. The lowest BCUT2D eigenvalue weighted by atomic mass is 9.80. The SMILES string of the molecule is CO[C@H]1O[C@H](COC(c2ccccc2)(c2ccccc2)c2ccccc2)[C@H](OCc2ccccc2CBr)[C@@H]2OCc3ccccc3CO[C@@H]12. The van der Waals surface area contributed by atoms with Crippen LogP contribution in [0.5, 0.6) is 0 Å². The number of hydrogen-bond acceptors (Lipinski definition) is 6. The summed E-state index contributed by atoms with van der Waals surface area (Å²) in [5.74, 6) is 0. The molecular weight excluding hydrogens is 680 g/mol. The van der Waals surface area contributed by atoms with Gasteiger partial charge in [-0.3, -0.25) is 0 Å². The molecule has 0 spiro atoms. The highest BCUT2D eigenvalue weighted by Gasteiger charge is 2.50. The number of alkyl halides is 1. The van der Waals surface area contributed by atoms with Gasteiger partial charge in [0.15, 0.2) is 6.29 Å². The Hall–Kier alpha value is -3.66. The average Bonchev–Trinajstić information content (AvgIpc) is 3.16. The molecule has 0 saturated carbocycles. The molecule has 1 fully saturated rings. The molecule has 5 aromatic rings. The van der Waals surface area contributed by atoms with Crippen LogP contribution in [0.15, 0.2) is 140 Å². The Bertz CT molecular complexity index is 1670. The van der Waals surface area contributed by atoms with Crippen LogP contribution in [0.25, 0.3) is 0 Å². The van der Waals surface area contributed by atoms with Crippen molar-refractivity contribution < 1.29 is 28.4 Å². The molecule has 6 nitrogen and oxygen atoms in total. The second-order valence-electron chi connectivity index (χ2n) is 12.4. The Labute approximate surface area is 297 Å². The summed E-state index contributed by atoms with van der Waals surface area (Å²) in [6.07, 6.45) is -2.80. The first-order chi connectivity index (χ1) is 24.2. The highest BCUT2D eigenvalue weighted by Crippen LogP contribution is 2.42. The maximum Gasteiger partial charge on any atom is 0.186 e. The third-order valence-electron chi connectivity index (χ3n) is 9.50. The van der Waals surface area contributed by atoms with Crippen molar-refractivity contribution in [2.45, 2.75) is 61.5 Å². The molecule has 1 saturated heterocycles. The molecule has 2 heterocycles. The van der Waals surface area contributed by atoms with Crippen molar-refractivity contribution in [2.24, 2.45) is 0 Å². The molecule has 0 aliphatic carbocycles. The number of ether oxygens (including phenoxy) is 6. The molecule has 0 radical (unpaired) electrons. The van der Waals surface area contributed by atoms with Gasteiger partial charge in [-0.1, -0.05) is 155 Å². The van der Waals surface area contributed by atoms with Crippen LogP contribution in [0.1, 0.15) is 38.9 Å². The molecule has 5 aromatic carbocycles. The van der Waals surface area contributed by atoms with Gasteiger partial charge < -0.3 is 28.4 Å². The smallest absolute Gasteiger partial charge is 0.186 e. The Morgan fingerprint density at radius 3 is 1.65 bits per heavy atom. The Balaban J connectivity index is 1.27. The number of fused-ring (bicyclic) bond motifs is 2. The van der Waals surface area contributed by atoms with Crippen LogP contribution >= 0.6 is 15.9 Å². The zero-order valence-corrected chi connectivity index (χ0v) is 29.1. The third kappa shape index (κ3) is 7.16. The van der Waals surface area contributed by atoms with Crippen LogP contribution in [0.2, 0.25) is 0 Å². The van der Waals surface area contributed by atoms with E-state index in [0.717, 1.165) is 38.7 Å². The Morgan fingerprint density at radius 1 is 0.633 bits per heavy atom. The number of hydrogen-bond donors (Lipinski definition) is 0. The molecule has 7 rings (SSSR count). The molecular formula is C42H41BrO6. The summed E-state index contributed by atoms with van der Waals surface area (Å²) in [6.45, 7) is 1.40. The van der Waals surface area contributed by atoms with Crippen molar-refractivity contribution >= 4 is 15.9 Å². The minimum atomic E-state index is -0.934. The van der Waals surface area contributed by atoms with Gasteiger partial charge in [0.05, 0.1) is 26.4 Å². The van der Waals surface area contributed by atoms with E-state index < -0.39 is 36.3 Å². The van der Waals surface area contributed by atoms with Crippen molar-refractivity contribution in [2.75, 3.05) is 13.7 Å². The maximum atomic E-state index is 7.27. The van der Waals surface area contributed by atoms with Gasteiger partial charge >= 0.3 is 0 Å². The average molecular weight is 722 g/mol. The number of methoxy groups -OCH3 is 1.